The lowest BCUT2D eigenvalue weighted by Crippen LogP contribution is -2.34. The van der Waals surface area contributed by atoms with Gasteiger partial charge in [-0.05, 0) is 43.4 Å². The molecule has 0 aromatic heterocycles. The molecule has 0 aliphatic rings. The van der Waals surface area contributed by atoms with Crippen LogP contribution < -0.4 is 15.9 Å². The first-order valence-corrected chi connectivity index (χ1v) is 20.3. The van der Waals surface area contributed by atoms with E-state index in [9.17, 15) is 14.4 Å². The highest BCUT2D eigenvalue weighted by Crippen LogP contribution is 2.03. The number of ketones is 1. The van der Waals surface area contributed by atoms with Crippen LogP contribution in [0.1, 0.15) is 39.6 Å². The van der Waals surface area contributed by atoms with Gasteiger partial charge in [-0.25, -0.2) is 0 Å². The van der Waals surface area contributed by atoms with E-state index in [4.69, 9.17) is 42.6 Å². The van der Waals surface area contributed by atoms with Gasteiger partial charge in [-0.3, -0.25) is 19.3 Å². The van der Waals surface area contributed by atoms with Crippen molar-refractivity contribution in [3.05, 3.63) is 65.2 Å². The molecule has 0 fully saturated rings. The molecule has 15 nitrogen and oxygen atoms in total. The van der Waals surface area contributed by atoms with Gasteiger partial charge in [-0.1, -0.05) is 29.8 Å². The van der Waals surface area contributed by atoms with Crippen molar-refractivity contribution in [2.24, 2.45) is 0 Å². The normalized spacial score (nSPS) is 11.3. The highest BCUT2D eigenvalue weighted by atomic mass is 31.0. The molecule has 0 spiro atoms. The van der Waals surface area contributed by atoms with Gasteiger partial charge < -0.3 is 53.3 Å². The van der Waals surface area contributed by atoms with E-state index in [1.807, 2.05) is 31.2 Å². The van der Waals surface area contributed by atoms with E-state index in [1.165, 1.54) is 0 Å². The van der Waals surface area contributed by atoms with Crippen molar-refractivity contribution >= 4 is 32.1 Å². The summed E-state index contributed by atoms with van der Waals surface area (Å²) in [6.07, 6.45) is 0.419. The van der Waals surface area contributed by atoms with Gasteiger partial charge in [0.1, 0.15) is 5.78 Å². The fourth-order valence-corrected chi connectivity index (χ4v) is 4.97. The largest absolute Gasteiger partial charge is 0.379 e. The van der Waals surface area contributed by atoms with Crippen LogP contribution in [0.2, 0.25) is 0 Å². The molecule has 0 saturated heterocycles. The van der Waals surface area contributed by atoms with Crippen molar-refractivity contribution in [2.45, 2.75) is 20.3 Å². The number of rotatable bonds is 38. The second-order valence-electron chi connectivity index (χ2n) is 12.8. The van der Waals surface area contributed by atoms with Gasteiger partial charge in [-0.15, -0.1) is 9.24 Å². The topological polar surface area (TPSA) is 162 Å². The number of carbonyl (C=O) groups is 3. The molecule has 57 heavy (non-hydrogen) atoms. The Kier molecular flexibility index (Phi) is 30.9. The molecule has 0 heterocycles. The van der Waals surface area contributed by atoms with Gasteiger partial charge in [0.25, 0.3) is 11.8 Å². The number of nitrogens with one attached hydrogen (secondary N) is 2. The first kappa shape index (κ1) is 50.2. The molecule has 2 rings (SSSR count). The number of hydrogen-bond acceptors (Lipinski definition) is 13. The number of Topliss-reactive ketones (excluding diaryl/α,β-unsaturated/α-hetero) is 1. The van der Waals surface area contributed by atoms with Crippen LogP contribution in [-0.2, 0) is 47.4 Å². The second-order valence-corrected chi connectivity index (χ2v) is 13.5. The van der Waals surface area contributed by atoms with Gasteiger partial charge in [0, 0.05) is 50.3 Å². The highest BCUT2D eigenvalue weighted by Gasteiger charge is 2.07. The molecule has 2 aromatic carbocycles. The monoisotopic (exact) mass is 823 g/mol. The zero-order chi connectivity index (χ0) is 41.0. The molecule has 0 saturated carbocycles. The summed E-state index contributed by atoms with van der Waals surface area (Å²) in [5.41, 5.74) is 2.36. The molecule has 0 aliphatic heterocycles. The molecule has 2 amide bonds. The Morgan fingerprint density at radius 2 is 0.789 bits per heavy atom. The summed E-state index contributed by atoms with van der Waals surface area (Å²) in [6.45, 7) is 14.8. The Morgan fingerprint density at radius 3 is 1.16 bits per heavy atom. The maximum absolute atomic E-state index is 12.1. The van der Waals surface area contributed by atoms with Gasteiger partial charge in [-0.2, -0.15) is 0 Å². The first-order chi connectivity index (χ1) is 27.8. The molecule has 2 N–H and O–H groups in total. The molecular weight excluding hydrogens is 757 g/mol. The van der Waals surface area contributed by atoms with Gasteiger partial charge in [0.2, 0.25) is 0 Å². The highest BCUT2D eigenvalue weighted by molar-refractivity contribution is 7.27. The van der Waals surface area contributed by atoms with E-state index >= 15 is 0 Å². The summed E-state index contributed by atoms with van der Waals surface area (Å²) in [7, 11) is 2.60. The smallest absolute Gasteiger partial charge is 0.251 e. The summed E-state index contributed by atoms with van der Waals surface area (Å²) in [6, 6.07) is 14.8. The van der Waals surface area contributed by atoms with Crippen LogP contribution in [0.5, 0.6) is 0 Å². The van der Waals surface area contributed by atoms with Crippen molar-refractivity contribution < 1.29 is 57.0 Å². The van der Waals surface area contributed by atoms with Gasteiger partial charge in [0.05, 0.1) is 119 Å². The van der Waals surface area contributed by atoms with Gasteiger partial charge in [0.15, 0.2) is 0 Å². The summed E-state index contributed by atoms with van der Waals surface area (Å²) in [5.74, 6) is -0.129. The number of ether oxygens (including phenoxy) is 9. The average Bonchev–Trinajstić information content (AvgIpc) is 3.20. The molecule has 1 atom stereocenters. The molecular formula is C41H66N3O12P. The molecule has 322 valence electrons. The Morgan fingerprint density at radius 1 is 0.474 bits per heavy atom. The zero-order valence-corrected chi connectivity index (χ0v) is 35.2. The van der Waals surface area contributed by atoms with E-state index in [0.29, 0.717) is 169 Å². The van der Waals surface area contributed by atoms with Crippen LogP contribution in [0.3, 0.4) is 0 Å². The standard InChI is InChI=1S/C41H66N3O12P/c1-35-3-5-37(6-4-35)40(46)42-12-18-49-24-30-55-33-27-52-21-15-44(14-20-51-26-32-54-29-23-48-17-11-36(2)45)16-22-53-28-34-56-31-25-50-19-13-43-41(47)38-7-9-39(57)10-8-38/h3-10H,11-34,57H2,1-2H3,(H,42,46)(H,43,47). The second kappa shape index (κ2) is 35.1. The third-order valence-electron chi connectivity index (χ3n) is 8.04. The summed E-state index contributed by atoms with van der Waals surface area (Å²) < 4.78 is 50.6. The Labute approximate surface area is 341 Å². The van der Waals surface area contributed by atoms with Crippen molar-refractivity contribution in [3.63, 3.8) is 0 Å². The van der Waals surface area contributed by atoms with E-state index in [-0.39, 0.29) is 17.6 Å². The van der Waals surface area contributed by atoms with Crippen LogP contribution >= 0.6 is 9.24 Å². The summed E-state index contributed by atoms with van der Waals surface area (Å²) in [5, 5.41) is 6.71. The molecule has 1 unspecified atom stereocenters. The maximum Gasteiger partial charge on any atom is 0.251 e. The lowest BCUT2D eigenvalue weighted by atomic mass is 10.1. The van der Waals surface area contributed by atoms with Crippen LogP contribution in [0.15, 0.2) is 48.5 Å². The fraction of sp³-hybridized carbons (Fsp3) is 0.634. The third kappa shape index (κ3) is 29.0. The Hall–Kier alpha value is -2.92. The first-order valence-electron chi connectivity index (χ1n) is 19.7. The Bertz CT molecular complexity index is 1230. The number of carbonyl (C=O) groups excluding carboxylic acids is 3. The van der Waals surface area contributed by atoms with Crippen molar-refractivity contribution in [1.82, 2.24) is 15.5 Å². The van der Waals surface area contributed by atoms with E-state index in [2.05, 4.69) is 24.8 Å². The third-order valence-corrected chi connectivity index (χ3v) is 8.42. The molecule has 0 radical (unpaired) electrons. The van der Waals surface area contributed by atoms with Crippen molar-refractivity contribution in [1.29, 1.82) is 0 Å². The van der Waals surface area contributed by atoms with Crippen LogP contribution in [0, 0.1) is 6.92 Å². The molecule has 2 aromatic rings. The predicted octanol–water partition coefficient (Wildman–Crippen LogP) is 2.09. The summed E-state index contributed by atoms with van der Waals surface area (Å²) in [4.78, 5) is 37.5. The SMILES string of the molecule is CC(=O)CCOCCOCCOCCN(CCOCCOCCOCCNC(=O)c1ccc(C)cc1)CCOCCOCCOCCNC(=O)c1ccc(P)cc1. The summed E-state index contributed by atoms with van der Waals surface area (Å²) >= 11 is 0. The number of hydrogen-bond donors (Lipinski definition) is 2. The minimum absolute atomic E-state index is 0.111. The van der Waals surface area contributed by atoms with E-state index < -0.39 is 0 Å². The zero-order valence-electron chi connectivity index (χ0n) is 34.0. The lowest BCUT2D eigenvalue weighted by molar-refractivity contribution is -0.118. The Balaban J connectivity index is 1.49. The minimum Gasteiger partial charge on any atom is -0.379 e. The van der Waals surface area contributed by atoms with Gasteiger partial charge >= 0.3 is 0 Å². The minimum atomic E-state index is -0.124. The van der Waals surface area contributed by atoms with Crippen LogP contribution in [-0.4, -0.2) is 174 Å². The van der Waals surface area contributed by atoms with Crippen LogP contribution in [0.4, 0.5) is 0 Å². The maximum atomic E-state index is 12.1. The number of nitrogens with zero attached hydrogens (tertiary/aromatic N) is 1. The van der Waals surface area contributed by atoms with Crippen molar-refractivity contribution in [2.75, 3.05) is 152 Å². The van der Waals surface area contributed by atoms with E-state index in [0.717, 1.165) is 10.9 Å². The average molecular weight is 824 g/mol. The fourth-order valence-electron chi connectivity index (χ4n) is 4.77. The van der Waals surface area contributed by atoms with E-state index in [1.54, 1.807) is 31.2 Å². The molecule has 0 aliphatic carbocycles. The number of benzene rings is 2. The quantitative estimate of drug-likeness (QED) is 0.0750. The number of amides is 2. The number of aryl methyl sites for hydroxylation is 1. The predicted molar refractivity (Wildman–Crippen MR) is 221 cm³/mol. The van der Waals surface area contributed by atoms with Crippen molar-refractivity contribution in [3.8, 4) is 0 Å². The molecule has 16 heteroatoms. The lowest BCUT2D eigenvalue weighted by Gasteiger charge is -2.22. The molecule has 0 bridgehead atoms. The van der Waals surface area contributed by atoms with Crippen LogP contribution in [0.25, 0.3) is 0 Å².